The normalized spacial score (nSPS) is 22.7. The Morgan fingerprint density at radius 1 is 1.22 bits per heavy atom. The molecule has 1 aromatic carbocycles. The first-order valence-corrected chi connectivity index (χ1v) is 6.90. The van der Waals surface area contributed by atoms with E-state index in [-0.39, 0.29) is 0 Å². The van der Waals surface area contributed by atoms with Crippen molar-refractivity contribution in [3.63, 3.8) is 0 Å². The van der Waals surface area contributed by atoms with Crippen LogP contribution in [0.15, 0.2) is 24.3 Å². The van der Waals surface area contributed by atoms with E-state index in [2.05, 4.69) is 24.2 Å². The molecule has 0 spiro atoms. The fourth-order valence-corrected chi connectivity index (χ4v) is 2.71. The monoisotopic (exact) mass is 248 g/mol. The highest BCUT2D eigenvalue weighted by molar-refractivity contribution is 5.27. The van der Waals surface area contributed by atoms with Crippen LogP contribution < -0.4 is 5.32 Å². The highest BCUT2D eigenvalue weighted by Gasteiger charge is 2.21. The van der Waals surface area contributed by atoms with Crippen molar-refractivity contribution in [2.45, 2.75) is 38.3 Å². The van der Waals surface area contributed by atoms with Crippen LogP contribution in [0.3, 0.4) is 0 Å². The van der Waals surface area contributed by atoms with Gasteiger partial charge in [-0.2, -0.15) is 0 Å². The molecule has 0 amide bonds. The Hall–Kier alpha value is -1.06. The molecule has 2 unspecified atom stereocenters. The minimum atomic E-state index is 0.340. The third kappa shape index (κ3) is 3.24. The topological polar surface area (TPSA) is 35.5 Å². The number of nitrogens with one attached hydrogen (secondary N) is 1. The lowest BCUT2D eigenvalue weighted by molar-refractivity contribution is 0.171. The number of nitrogens with zero attached hydrogens (tertiary/aromatic N) is 1. The van der Waals surface area contributed by atoms with Gasteiger partial charge >= 0.3 is 0 Å². The smallest absolute Gasteiger partial charge is 0.115 e. The summed E-state index contributed by atoms with van der Waals surface area (Å²) in [7, 11) is 2.22. The molecule has 1 fully saturated rings. The minimum Gasteiger partial charge on any atom is -0.508 e. The molecule has 100 valence electrons. The second kappa shape index (κ2) is 6.21. The van der Waals surface area contributed by atoms with Gasteiger partial charge in [0.2, 0.25) is 0 Å². The second-order valence-corrected chi connectivity index (χ2v) is 5.27. The maximum absolute atomic E-state index is 9.34. The van der Waals surface area contributed by atoms with Crippen LogP contribution in [0.4, 0.5) is 0 Å². The van der Waals surface area contributed by atoms with Crippen molar-refractivity contribution < 1.29 is 5.11 Å². The number of rotatable bonds is 3. The summed E-state index contributed by atoms with van der Waals surface area (Å²) in [5, 5.41) is 12.8. The average molecular weight is 248 g/mol. The molecule has 1 heterocycles. The van der Waals surface area contributed by atoms with Gasteiger partial charge in [-0.15, -0.1) is 0 Å². The molecule has 0 bridgehead atoms. The Labute approximate surface area is 110 Å². The maximum Gasteiger partial charge on any atom is 0.115 e. The van der Waals surface area contributed by atoms with Crippen molar-refractivity contribution in [2.75, 3.05) is 20.1 Å². The highest BCUT2D eigenvalue weighted by Crippen LogP contribution is 2.25. The summed E-state index contributed by atoms with van der Waals surface area (Å²) in [5.74, 6) is 0.340. The maximum atomic E-state index is 9.34. The summed E-state index contributed by atoms with van der Waals surface area (Å²) >= 11 is 0. The molecule has 1 aliphatic rings. The summed E-state index contributed by atoms with van der Waals surface area (Å²) in [6, 6.07) is 8.64. The first-order chi connectivity index (χ1) is 8.68. The zero-order valence-corrected chi connectivity index (χ0v) is 11.4. The van der Waals surface area contributed by atoms with E-state index >= 15 is 0 Å². The number of phenolic OH excluding ortho intramolecular Hbond substituents is 1. The predicted octanol–water partition coefficient (Wildman–Crippen LogP) is 2.53. The Kier molecular flexibility index (Phi) is 4.61. The summed E-state index contributed by atoms with van der Waals surface area (Å²) in [5.41, 5.74) is 1.27. The van der Waals surface area contributed by atoms with Gasteiger partial charge in [-0.25, -0.2) is 0 Å². The van der Waals surface area contributed by atoms with Crippen LogP contribution in [0.25, 0.3) is 0 Å². The molecule has 2 rings (SSSR count). The third-order valence-corrected chi connectivity index (χ3v) is 4.11. The minimum absolute atomic E-state index is 0.340. The van der Waals surface area contributed by atoms with Gasteiger partial charge in [-0.05, 0) is 64.0 Å². The SMILES string of the molecule is CC(c1ccc(O)cc1)N(C)C1CCCNCC1. The highest BCUT2D eigenvalue weighted by atomic mass is 16.3. The van der Waals surface area contributed by atoms with E-state index in [4.69, 9.17) is 0 Å². The second-order valence-electron chi connectivity index (χ2n) is 5.27. The summed E-state index contributed by atoms with van der Waals surface area (Å²) < 4.78 is 0. The molecule has 2 atom stereocenters. The Morgan fingerprint density at radius 2 is 1.94 bits per heavy atom. The van der Waals surface area contributed by atoms with Crippen LogP contribution >= 0.6 is 0 Å². The van der Waals surface area contributed by atoms with E-state index < -0.39 is 0 Å². The zero-order chi connectivity index (χ0) is 13.0. The first-order valence-electron chi connectivity index (χ1n) is 6.90. The van der Waals surface area contributed by atoms with E-state index in [0.717, 1.165) is 13.1 Å². The fraction of sp³-hybridized carbons (Fsp3) is 0.600. The van der Waals surface area contributed by atoms with Crippen LogP contribution in [0.1, 0.15) is 37.8 Å². The van der Waals surface area contributed by atoms with Gasteiger partial charge in [0.15, 0.2) is 0 Å². The van der Waals surface area contributed by atoms with Gasteiger partial charge in [0, 0.05) is 12.1 Å². The van der Waals surface area contributed by atoms with Crippen LogP contribution in [0, 0.1) is 0 Å². The average Bonchev–Trinajstić information content (AvgIpc) is 2.67. The standard InChI is InChI=1S/C15H24N2O/c1-12(13-5-7-15(18)8-6-13)17(2)14-4-3-10-16-11-9-14/h5-8,12,14,16,18H,3-4,9-11H2,1-2H3. The lowest BCUT2D eigenvalue weighted by atomic mass is 10.0. The molecule has 3 heteroatoms. The Balaban J connectivity index is 2.02. The van der Waals surface area contributed by atoms with Gasteiger partial charge < -0.3 is 10.4 Å². The van der Waals surface area contributed by atoms with Crippen molar-refractivity contribution >= 4 is 0 Å². The number of phenols is 1. The summed E-state index contributed by atoms with van der Waals surface area (Å²) in [6.07, 6.45) is 3.75. The molecular formula is C15H24N2O. The fourth-order valence-electron chi connectivity index (χ4n) is 2.71. The van der Waals surface area contributed by atoms with Crippen molar-refractivity contribution in [1.29, 1.82) is 0 Å². The van der Waals surface area contributed by atoms with Gasteiger partial charge in [0.25, 0.3) is 0 Å². The number of hydrogen-bond donors (Lipinski definition) is 2. The van der Waals surface area contributed by atoms with Gasteiger partial charge in [0.05, 0.1) is 0 Å². The third-order valence-electron chi connectivity index (χ3n) is 4.11. The van der Waals surface area contributed by atoms with Gasteiger partial charge in [0.1, 0.15) is 5.75 Å². The molecule has 0 aromatic heterocycles. The first kappa shape index (κ1) is 13.4. The molecule has 0 aliphatic carbocycles. The van der Waals surface area contributed by atoms with Crippen molar-refractivity contribution in [2.24, 2.45) is 0 Å². The lowest BCUT2D eigenvalue weighted by Crippen LogP contribution is -2.34. The predicted molar refractivity (Wildman–Crippen MR) is 74.8 cm³/mol. The Bertz CT molecular complexity index is 355. The number of benzene rings is 1. The van der Waals surface area contributed by atoms with Crippen LogP contribution in [0.2, 0.25) is 0 Å². The molecule has 18 heavy (non-hydrogen) atoms. The molecular weight excluding hydrogens is 224 g/mol. The molecule has 1 saturated heterocycles. The van der Waals surface area contributed by atoms with Gasteiger partial charge in [-0.1, -0.05) is 12.1 Å². The Morgan fingerprint density at radius 3 is 2.67 bits per heavy atom. The molecule has 1 aliphatic heterocycles. The van der Waals surface area contributed by atoms with Crippen molar-refractivity contribution in [3.8, 4) is 5.75 Å². The van der Waals surface area contributed by atoms with Crippen LogP contribution in [-0.2, 0) is 0 Å². The molecule has 0 saturated carbocycles. The summed E-state index contributed by atoms with van der Waals surface area (Å²) in [4.78, 5) is 2.47. The van der Waals surface area contributed by atoms with Crippen molar-refractivity contribution in [3.05, 3.63) is 29.8 Å². The zero-order valence-electron chi connectivity index (χ0n) is 11.4. The van der Waals surface area contributed by atoms with Gasteiger partial charge in [-0.3, -0.25) is 4.90 Å². The van der Waals surface area contributed by atoms with E-state index in [1.165, 1.54) is 24.8 Å². The summed E-state index contributed by atoms with van der Waals surface area (Å²) in [6.45, 7) is 4.51. The molecule has 0 radical (unpaired) electrons. The quantitative estimate of drug-likeness (QED) is 0.863. The van der Waals surface area contributed by atoms with Crippen LogP contribution in [0.5, 0.6) is 5.75 Å². The number of hydrogen-bond acceptors (Lipinski definition) is 3. The number of aromatic hydroxyl groups is 1. The molecule has 1 aromatic rings. The van der Waals surface area contributed by atoms with E-state index in [9.17, 15) is 5.11 Å². The molecule has 2 N–H and O–H groups in total. The van der Waals surface area contributed by atoms with E-state index in [1.807, 2.05) is 12.1 Å². The van der Waals surface area contributed by atoms with Crippen LogP contribution in [-0.4, -0.2) is 36.2 Å². The largest absolute Gasteiger partial charge is 0.508 e. The lowest BCUT2D eigenvalue weighted by Gasteiger charge is -2.32. The molecule has 3 nitrogen and oxygen atoms in total. The van der Waals surface area contributed by atoms with E-state index in [1.54, 1.807) is 12.1 Å². The van der Waals surface area contributed by atoms with E-state index in [0.29, 0.717) is 17.8 Å². The van der Waals surface area contributed by atoms with Crippen molar-refractivity contribution in [1.82, 2.24) is 10.2 Å².